The minimum Gasteiger partial charge on any atom is -0.294 e. The van der Waals surface area contributed by atoms with Gasteiger partial charge in [0, 0.05) is 11.5 Å². The molecule has 1 rings (SSSR count). The van der Waals surface area contributed by atoms with Crippen LogP contribution in [-0.4, -0.2) is 5.78 Å². The summed E-state index contributed by atoms with van der Waals surface area (Å²) in [4.78, 5) is 12.2. The molecule has 0 spiro atoms. The molecule has 1 unspecified atom stereocenters. The van der Waals surface area contributed by atoms with Gasteiger partial charge in [0.15, 0.2) is 5.78 Å². The van der Waals surface area contributed by atoms with Crippen LogP contribution in [0.3, 0.4) is 0 Å². The molecule has 0 bridgehead atoms. The van der Waals surface area contributed by atoms with Crippen LogP contribution >= 0.6 is 0 Å². The van der Waals surface area contributed by atoms with E-state index in [9.17, 15) is 4.79 Å². The van der Waals surface area contributed by atoms with Crippen molar-refractivity contribution in [2.24, 2.45) is 5.92 Å². The predicted octanol–water partition coefficient (Wildman–Crippen LogP) is 4.01. The van der Waals surface area contributed by atoms with Crippen LogP contribution < -0.4 is 0 Å². The van der Waals surface area contributed by atoms with Crippen LogP contribution in [0.2, 0.25) is 0 Å². The Balaban J connectivity index is 3.19. The number of carbonyl (C=O) groups excluding carboxylic acids is 1. The van der Waals surface area contributed by atoms with Crippen LogP contribution in [0.25, 0.3) is 0 Å². The first-order chi connectivity index (χ1) is 7.34. The van der Waals surface area contributed by atoms with Crippen molar-refractivity contribution in [3.8, 4) is 0 Å². The fraction of sp³-hybridized carbons (Fsp3) is 0.400. The van der Waals surface area contributed by atoms with Crippen molar-refractivity contribution in [3.63, 3.8) is 0 Å². The first-order valence-corrected chi connectivity index (χ1v) is 5.62. The van der Waals surface area contributed by atoms with Crippen molar-refractivity contribution in [1.82, 2.24) is 0 Å². The maximum Gasteiger partial charge on any atom is 0.169 e. The molecule has 1 aromatic carbocycles. The fourth-order valence-corrected chi connectivity index (χ4v) is 1.68. The molecule has 0 saturated heterocycles. The van der Waals surface area contributed by atoms with Crippen LogP contribution in [0.4, 0.5) is 0 Å². The van der Waals surface area contributed by atoms with E-state index in [2.05, 4.69) is 19.6 Å². The number of carbonyl (C=O) groups is 1. The summed E-state index contributed by atoms with van der Waals surface area (Å²) in [6.45, 7) is 13.8. The summed E-state index contributed by atoms with van der Waals surface area (Å²) in [5, 5.41) is 0. The Labute approximate surface area is 98.2 Å². The van der Waals surface area contributed by atoms with Gasteiger partial charge in [0.05, 0.1) is 0 Å². The molecular weight excluding hydrogens is 196 g/mol. The molecule has 0 aromatic heterocycles. The average Bonchev–Trinajstić information content (AvgIpc) is 2.21. The molecule has 0 aliphatic carbocycles. The number of hydrogen-bond acceptors (Lipinski definition) is 1. The van der Waals surface area contributed by atoms with E-state index in [-0.39, 0.29) is 11.7 Å². The third-order valence-corrected chi connectivity index (χ3v) is 3.24. The van der Waals surface area contributed by atoms with E-state index >= 15 is 0 Å². The molecule has 0 radical (unpaired) electrons. The molecule has 16 heavy (non-hydrogen) atoms. The first kappa shape index (κ1) is 12.7. The topological polar surface area (TPSA) is 17.1 Å². The lowest BCUT2D eigenvalue weighted by Crippen LogP contribution is -2.13. The lowest BCUT2D eigenvalue weighted by atomic mass is 9.89. The first-order valence-electron chi connectivity index (χ1n) is 5.62. The fourth-order valence-electron chi connectivity index (χ4n) is 1.68. The van der Waals surface area contributed by atoms with Gasteiger partial charge >= 0.3 is 0 Å². The Morgan fingerprint density at radius 2 is 1.62 bits per heavy atom. The molecule has 1 nitrogen and oxygen atoms in total. The zero-order chi connectivity index (χ0) is 12.5. The molecule has 0 amide bonds. The molecule has 1 heteroatoms. The van der Waals surface area contributed by atoms with E-state index < -0.39 is 0 Å². The number of benzene rings is 1. The normalized spacial score (nSPS) is 12.3. The molecule has 86 valence electrons. The Morgan fingerprint density at radius 3 is 2.12 bits per heavy atom. The summed E-state index contributed by atoms with van der Waals surface area (Å²) < 4.78 is 0. The lowest BCUT2D eigenvalue weighted by Gasteiger charge is -2.14. The second kappa shape index (κ2) is 4.65. The summed E-state index contributed by atoms with van der Waals surface area (Å²) in [6, 6.07) is 4.07. The summed E-state index contributed by atoms with van der Waals surface area (Å²) >= 11 is 0. The molecule has 0 N–H and O–H groups in total. The van der Waals surface area contributed by atoms with Gasteiger partial charge < -0.3 is 0 Å². The van der Waals surface area contributed by atoms with Crippen LogP contribution in [0.5, 0.6) is 0 Å². The molecular formula is C15H20O. The van der Waals surface area contributed by atoms with E-state index in [4.69, 9.17) is 0 Å². The SMILES string of the molecule is C=C(C)C(C)C(=O)c1cc(C)c(C)cc1C. The highest BCUT2D eigenvalue weighted by Gasteiger charge is 2.18. The molecule has 0 aliphatic heterocycles. The van der Waals surface area contributed by atoms with E-state index in [1.54, 1.807) is 0 Å². The maximum atomic E-state index is 12.2. The zero-order valence-corrected chi connectivity index (χ0v) is 10.8. The van der Waals surface area contributed by atoms with Crippen molar-refractivity contribution in [3.05, 3.63) is 46.5 Å². The van der Waals surface area contributed by atoms with Crippen molar-refractivity contribution in [2.75, 3.05) is 0 Å². The van der Waals surface area contributed by atoms with Crippen LogP contribution in [0.15, 0.2) is 24.3 Å². The standard InChI is InChI=1S/C15H20O/c1-9(2)13(6)15(16)14-8-11(4)10(3)7-12(14)5/h7-8,13H,1H2,2-6H3. The second-order valence-electron chi connectivity index (χ2n) is 4.68. The second-order valence-corrected chi connectivity index (χ2v) is 4.68. The molecule has 1 atom stereocenters. The predicted molar refractivity (Wildman–Crippen MR) is 69.0 cm³/mol. The molecule has 0 saturated carbocycles. The van der Waals surface area contributed by atoms with E-state index in [1.165, 1.54) is 11.1 Å². The Bertz CT molecular complexity index is 441. The Morgan fingerprint density at radius 1 is 1.12 bits per heavy atom. The van der Waals surface area contributed by atoms with Gasteiger partial charge in [-0.25, -0.2) is 0 Å². The molecule has 0 fully saturated rings. The summed E-state index contributed by atoms with van der Waals surface area (Å²) in [5.74, 6) is 0.0777. The smallest absolute Gasteiger partial charge is 0.169 e. The zero-order valence-electron chi connectivity index (χ0n) is 10.8. The van der Waals surface area contributed by atoms with Gasteiger partial charge in [-0.05, 0) is 50.5 Å². The largest absolute Gasteiger partial charge is 0.294 e. The maximum absolute atomic E-state index is 12.2. The molecule has 0 aliphatic rings. The minimum atomic E-state index is -0.0965. The van der Waals surface area contributed by atoms with E-state index in [1.807, 2.05) is 33.8 Å². The minimum absolute atomic E-state index is 0.0965. The van der Waals surface area contributed by atoms with Gasteiger partial charge in [0.25, 0.3) is 0 Å². The third kappa shape index (κ3) is 2.41. The lowest BCUT2D eigenvalue weighted by molar-refractivity contribution is 0.0947. The highest BCUT2D eigenvalue weighted by atomic mass is 16.1. The highest BCUT2D eigenvalue weighted by Crippen LogP contribution is 2.21. The number of aryl methyl sites for hydroxylation is 3. The van der Waals surface area contributed by atoms with Crippen LogP contribution in [-0.2, 0) is 0 Å². The number of Topliss-reactive ketones (excluding diaryl/α,β-unsaturated/α-hetero) is 1. The summed E-state index contributed by atoms with van der Waals surface area (Å²) in [5.41, 5.74) is 5.21. The van der Waals surface area contributed by atoms with E-state index in [0.29, 0.717) is 0 Å². The van der Waals surface area contributed by atoms with E-state index in [0.717, 1.165) is 16.7 Å². The molecule has 1 aromatic rings. The van der Waals surface area contributed by atoms with Gasteiger partial charge in [-0.15, -0.1) is 0 Å². The van der Waals surface area contributed by atoms with Gasteiger partial charge in [-0.3, -0.25) is 4.79 Å². The van der Waals surface area contributed by atoms with Gasteiger partial charge in [-0.1, -0.05) is 25.1 Å². The van der Waals surface area contributed by atoms with Crippen molar-refractivity contribution in [1.29, 1.82) is 0 Å². The van der Waals surface area contributed by atoms with Gasteiger partial charge in [-0.2, -0.15) is 0 Å². The number of ketones is 1. The average molecular weight is 216 g/mol. The quantitative estimate of drug-likeness (QED) is 0.551. The van der Waals surface area contributed by atoms with Crippen molar-refractivity contribution in [2.45, 2.75) is 34.6 Å². The van der Waals surface area contributed by atoms with Gasteiger partial charge in [0.2, 0.25) is 0 Å². The third-order valence-electron chi connectivity index (χ3n) is 3.24. The number of allylic oxidation sites excluding steroid dienone is 1. The molecule has 0 heterocycles. The van der Waals surface area contributed by atoms with Crippen LogP contribution in [0, 0.1) is 26.7 Å². The number of hydrogen-bond donors (Lipinski definition) is 0. The summed E-state index contributed by atoms with van der Waals surface area (Å²) in [6.07, 6.45) is 0. The Hall–Kier alpha value is -1.37. The number of rotatable bonds is 3. The van der Waals surface area contributed by atoms with Crippen LogP contribution in [0.1, 0.15) is 40.9 Å². The van der Waals surface area contributed by atoms with Crippen molar-refractivity contribution >= 4 is 5.78 Å². The van der Waals surface area contributed by atoms with Gasteiger partial charge in [0.1, 0.15) is 0 Å². The van der Waals surface area contributed by atoms with Crippen molar-refractivity contribution < 1.29 is 4.79 Å². The Kier molecular flexibility index (Phi) is 3.69. The highest BCUT2D eigenvalue weighted by molar-refractivity contribution is 6.00. The summed E-state index contributed by atoms with van der Waals surface area (Å²) in [7, 11) is 0. The monoisotopic (exact) mass is 216 g/mol.